The molecule has 0 amide bonds. The zero-order valence-corrected chi connectivity index (χ0v) is 23.2. The topological polar surface area (TPSA) is 102 Å². The molecule has 5 atom stereocenters. The Kier molecular flexibility index (Phi) is 7.60. The number of ketones is 1. The highest BCUT2D eigenvalue weighted by atomic mass is 33.1. The third-order valence-electron chi connectivity index (χ3n) is 10.8. The van der Waals surface area contributed by atoms with Gasteiger partial charge in [-0.2, -0.15) is 0 Å². The predicted octanol–water partition coefficient (Wildman–Crippen LogP) is 5.75. The van der Waals surface area contributed by atoms with Crippen LogP contribution in [-0.4, -0.2) is 40.0 Å². The highest BCUT2D eigenvalue weighted by Crippen LogP contribution is 2.74. The molecule has 0 unspecified atom stereocenters. The number of carbonyl (C=O) groups is 1. The standard InChI is InChI=1S/C28H45N3O2S2/c1-26-14-16-34-35-27(12-3-2-4-13-27)24(31-25(29)30)9-5-8-21-22-17-20(26)11-10-19(7-6-15-32)28(22,26)18-23(21)33/h19-20,24,32H,2-18H2,1H3,(H4,29,30,31)/t19-,20-,24-,26+,28+/m1/s1. The van der Waals surface area contributed by atoms with Crippen LogP contribution in [0.15, 0.2) is 16.1 Å². The van der Waals surface area contributed by atoms with Crippen molar-refractivity contribution in [2.24, 2.45) is 39.1 Å². The van der Waals surface area contributed by atoms with Gasteiger partial charge in [-0.25, -0.2) is 4.99 Å². The molecule has 2 spiro atoms. The number of Topliss-reactive ketones (excluding diaryl/α,β-unsaturated/α-hetero) is 1. The number of carbonyl (C=O) groups excluding carboxylic acids is 1. The van der Waals surface area contributed by atoms with Crippen LogP contribution in [0.5, 0.6) is 0 Å². The Morgan fingerprint density at radius 3 is 2.66 bits per heavy atom. The van der Waals surface area contributed by atoms with Crippen molar-refractivity contribution in [2.75, 3.05) is 12.4 Å². The number of nitrogens with two attached hydrogens (primary N) is 2. The molecule has 3 fully saturated rings. The van der Waals surface area contributed by atoms with Gasteiger partial charge in [0.15, 0.2) is 11.7 Å². The van der Waals surface area contributed by atoms with Crippen LogP contribution < -0.4 is 11.5 Å². The summed E-state index contributed by atoms with van der Waals surface area (Å²) < 4.78 is 0.111. The van der Waals surface area contributed by atoms with E-state index >= 15 is 0 Å². The van der Waals surface area contributed by atoms with E-state index in [2.05, 4.69) is 28.5 Å². The predicted molar refractivity (Wildman–Crippen MR) is 148 cm³/mol. The lowest BCUT2D eigenvalue weighted by Crippen LogP contribution is -2.48. The van der Waals surface area contributed by atoms with Crippen molar-refractivity contribution in [3.63, 3.8) is 0 Å². The number of hydrogen-bond acceptors (Lipinski definition) is 5. The highest BCUT2D eigenvalue weighted by Gasteiger charge is 2.67. The second-order valence-corrected chi connectivity index (χ2v) is 15.1. The van der Waals surface area contributed by atoms with E-state index < -0.39 is 0 Å². The Morgan fingerprint density at radius 2 is 1.91 bits per heavy atom. The summed E-state index contributed by atoms with van der Waals surface area (Å²) in [5.74, 6) is 3.00. The monoisotopic (exact) mass is 519 g/mol. The van der Waals surface area contributed by atoms with Crippen molar-refractivity contribution < 1.29 is 9.90 Å². The zero-order valence-electron chi connectivity index (χ0n) is 21.5. The number of nitrogens with zero attached hydrogens (tertiary/aromatic N) is 1. The second kappa shape index (κ2) is 10.2. The molecule has 1 aliphatic heterocycles. The van der Waals surface area contributed by atoms with Gasteiger partial charge in [-0.1, -0.05) is 53.3 Å². The van der Waals surface area contributed by atoms with Crippen LogP contribution in [0.4, 0.5) is 0 Å². The molecule has 0 aromatic carbocycles. The number of guanidine groups is 1. The highest BCUT2D eigenvalue weighted by molar-refractivity contribution is 8.77. The Labute approximate surface area is 219 Å². The van der Waals surface area contributed by atoms with Crippen LogP contribution in [0.1, 0.15) is 103 Å². The summed E-state index contributed by atoms with van der Waals surface area (Å²) in [6.07, 6.45) is 16.5. The van der Waals surface area contributed by atoms with Crippen LogP contribution in [0.2, 0.25) is 0 Å². The van der Waals surface area contributed by atoms with Crippen molar-refractivity contribution in [3.8, 4) is 0 Å². The van der Waals surface area contributed by atoms with Gasteiger partial charge in [-0.15, -0.1) is 0 Å². The molecular weight excluding hydrogens is 474 g/mol. The van der Waals surface area contributed by atoms with E-state index in [0.29, 0.717) is 17.6 Å². The molecule has 0 radical (unpaired) electrons. The number of aliphatic hydroxyl groups is 1. The van der Waals surface area contributed by atoms with Crippen LogP contribution in [0.25, 0.3) is 0 Å². The molecule has 5 N–H and O–H groups in total. The van der Waals surface area contributed by atoms with Crippen molar-refractivity contribution in [2.45, 2.75) is 114 Å². The van der Waals surface area contributed by atoms with Gasteiger partial charge >= 0.3 is 0 Å². The Morgan fingerprint density at radius 1 is 1.11 bits per heavy atom. The average Bonchev–Trinajstić information content (AvgIpc) is 3.16. The molecule has 0 aromatic rings. The van der Waals surface area contributed by atoms with Crippen molar-refractivity contribution in [1.82, 2.24) is 0 Å². The Balaban J connectivity index is 1.51. The minimum absolute atomic E-state index is 0.0402. The maximum atomic E-state index is 13.6. The molecule has 5 nitrogen and oxygen atoms in total. The number of aliphatic hydroxyl groups excluding tert-OH is 1. The third kappa shape index (κ3) is 4.29. The van der Waals surface area contributed by atoms with E-state index in [9.17, 15) is 9.90 Å². The molecule has 4 aliphatic carbocycles. The fourth-order valence-corrected chi connectivity index (χ4v) is 12.7. The maximum Gasteiger partial charge on any atom is 0.186 e. The molecule has 3 saturated carbocycles. The fraction of sp³-hybridized carbons (Fsp3) is 0.857. The van der Waals surface area contributed by atoms with Gasteiger partial charge in [0.2, 0.25) is 0 Å². The van der Waals surface area contributed by atoms with Gasteiger partial charge in [0.25, 0.3) is 0 Å². The minimum atomic E-state index is 0.0402. The lowest BCUT2D eigenvalue weighted by Gasteiger charge is -2.54. The first kappa shape index (κ1) is 26.0. The summed E-state index contributed by atoms with van der Waals surface area (Å²) in [5, 5.41) is 9.63. The number of hydrogen-bond donors (Lipinski definition) is 3. The first-order valence-electron chi connectivity index (χ1n) is 14.1. The van der Waals surface area contributed by atoms with Crippen LogP contribution in [-0.2, 0) is 4.79 Å². The Bertz CT molecular complexity index is 879. The van der Waals surface area contributed by atoms with Gasteiger partial charge in [0.05, 0.1) is 6.04 Å². The third-order valence-corrected chi connectivity index (χ3v) is 14.1. The fourth-order valence-electron chi connectivity index (χ4n) is 9.10. The molecular formula is C28H45N3O2S2. The summed E-state index contributed by atoms with van der Waals surface area (Å²) in [7, 11) is 4.14. The summed E-state index contributed by atoms with van der Waals surface area (Å²) in [4.78, 5) is 18.5. The molecule has 1 heterocycles. The summed E-state index contributed by atoms with van der Waals surface area (Å²) in [6, 6.07) is 0.131. The van der Waals surface area contributed by atoms with E-state index in [-0.39, 0.29) is 34.2 Å². The van der Waals surface area contributed by atoms with Crippen LogP contribution in [0, 0.1) is 22.7 Å². The summed E-state index contributed by atoms with van der Waals surface area (Å²) in [6.45, 7) is 2.79. The molecule has 5 bridgehead atoms. The first-order chi connectivity index (χ1) is 16.9. The lowest BCUT2D eigenvalue weighted by molar-refractivity contribution is -0.121. The maximum absolute atomic E-state index is 13.6. The molecule has 5 rings (SSSR count). The van der Waals surface area contributed by atoms with Crippen LogP contribution >= 0.6 is 21.6 Å². The van der Waals surface area contributed by atoms with Crippen molar-refractivity contribution >= 4 is 33.3 Å². The summed E-state index contributed by atoms with van der Waals surface area (Å²) >= 11 is 0. The summed E-state index contributed by atoms with van der Waals surface area (Å²) in [5.41, 5.74) is 14.8. The minimum Gasteiger partial charge on any atom is -0.396 e. The van der Waals surface area contributed by atoms with Crippen molar-refractivity contribution in [3.05, 3.63) is 11.1 Å². The lowest BCUT2D eigenvalue weighted by atomic mass is 9.50. The molecule has 5 aliphatic rings. The molecule has 196 valence electrons. The Hall–Kier alpha value is -0.660. The number of rotatable bonds is 4. The molecule has 0 aromatic heterocycles. The van der Waals surface area contributed by atoms with Gasteiger partial charge < -0.3 is 16.6 Å². The van der Waals surface area contributed by atoms with E-state index in [0.717, 1.165) is 50.7 Å². The van der Waals surface area contributed by atoms with Gasteiger partial charge in [0.1, 0.15) is 0 Å². The van der Waals surface area contributed by atoms with E-state index in [4.69, 9.17) is 16.5 Å². The zero-order chi connectivity index (χ0) is 24.7. The first-order valence-corrected chi connectivity index (χ1v) is 16.4. The average molecular weight is 520 g/mol. The number of aliphatic imine (C=N–C) groups is 1. The van der Waals surface area contributed by atoms with E-state index in [1.54, 1.807) is 0 Å². The smallest absolute Gasteiger partial charge is 0.186 e. The molecule has 35 heavy (non-hydrogen) atoms. The van der Waals surface area contributed by atoms with E-state index in [1.807, 2.05) is 0 Å². The second-order valence-electron chi connectivity index (χ2n) is 12.2. The molecule has 7 heteroatoms. The molecule has 0 saturated heterocycles. The van der Waals surface area contributed by atoms with Crippen molar-refractivity contribution in [1.29, 1.82) is 0 Å². The van der Waals surface area contributed by atoms with Gasteiger partial charge in [-0.05, 0) is 93.5 Å². The van der Waals surface area contributed by atoms with Crippen LogP contribution in [0.3, 0.4) is 0 Å². The van der Waals surface area contributed by atoms with Gasteiger partial charge in [-0.3, -0.25) is 4.79 Å². The number of allylic oxidation sites excluding steroid dienone is 2. The van der Waals surface area contributed by atoms with Gasteiger partial charge in [0, 0.05) is 28.9 Å². The quantitative estimate of drug-likeness (QED) is 0.248. The largest absolute Gasteiger partial charge is 0.396 e. The van der Waals surface area contributed by atoms with E-state index in [1.165, 1.54) is 62.5 Å². The SMILES string of the molecule is C[C@]12CCSSC3(CCCCC3)[C@H](N=C(N)N)CCCC3=C4C[C@H]1CC[C@@H](CCCO)[C@@]42CC3=O. The normalized spacial score (nSPS) is 39.1.